The maximum Gasteiger partial charge on any atom is 0.325 e. The van der Waals surface area contributed by atoms with Gasteiger partial charge >= 0.3 is 12.0 Å². The Balaban J connectivity index is 1.53. The molecule has 1 spiro atoms. The van der Waals surface area contributed by atoms with Gasteiger partial charge in [0.15, 0.2) is 0 Å². The number of rotatable bonds is 3. The first kappa shape index (κ1) is 18.5. The van der Waals surface area contributed by atoms with Crippen LogP contribution in [0.2, 0.25) is 0 Å². The van der Waals surface area contributed by atoms with Gasteiger partial charge in [0.25, 0.3) is 5.91 Å². The number of hydrogen-bond donors (Lipinski definition) is 2. The molecular weight excluding hydrogens is 362 g/mol. The molecule has 2 aliphatic heterocycles. The van der Waals surface area contributed by atoms with Crippen LogP contribution in [0, 0.1) is 5.92 Å². The molecule has 3 aliphatic rings. The Labute approximate surface area is 162 Å². The van der Waals surface area contributed by atoms with Crippen LogP contribution in [0.3, 0.4) is 0 Å². The number of urea groups is 1. The van der Waals surface area contributed by atoms with Crippen molar-refractivity contribution in [1.82, 2.24) is 15.1 Å². The number of aliphatic carboxylic acids is 1. The molecule has 28 heavy (non-hydrogen) atoms. The lowest BCUT2D eigenvalue weighted by Crippen LogP contribution is -2.52. The van der Waals surface area contributed by atoms with Gasteiger partial charge in [-0.25, -0.2) is 4.79 Å². The number of carboxylic acids is 1. The average Bonchev–Trinajstić information content (AvgIpc) is 3.15. The topological polar surface area (TPSA) is 107 Å². The highest BCUT2D eigenvalue weighted by atomic mass is 16.4. The monoisotopic (exact) mass is 385 g/mol. The number of aryl methyl sites for hydroxylation is 1. The summed E-state index contributed by atoms with van der Waals surface area (Å²) in [5.41, 5.74) is 0.726. The number of nitrogens with one attached hydrogen (secondary N) is 1. The number of hydrogen-bond acceptors (Lipinski definition) is 4. The van der Waals surface area contributed by atoms with Gasteiger partial charge in [0.1, 0.15) is 12.1 Å². The summed E-state index contributed by atoms with van der Waals surface area (Å²) < 4.78 is 0. The molecule has 1 unspecified atom stereocenters. The van der Waals surface area contributed by atoms with E-state index < -0.39 is 41.3 Å². The highest BCUT2D eigenvalue weighted by Crippen LogP contribution is 2.41. The Hall–Kier alpha value is -2.90. The zero-order valence-electron chi connectivity index (χ0n) is 15.7. The number of carbonyl (C=O) groups is 4. The Kier molecular flexibility index (Phi) is 4.36. The van der Waals surface area contributed by atoms with Crippen LogP contribution < -0.4 is 5.32 Å². The summed E-state index contributed by atoms with van der Waals surface area (Å²) in [6, 6.07) is 6.47. The van der Waals surface area contributed by atoms with Crippen molar-refractivity contribution >= 4 is 23.8 Å². The molecule has 8 heteroatoms. The van der Waals surface area contributed by atoms with E-state index in [-0.39, 0.29) is 6.54 Å². The number of likely N-dealkylation sites (tertiary alicyclic amines) is 1. The van der Waals surface area contributed by atoms with E-state index in [1.54, 1.807) is 6.92 Å². The zero-order valence-corrected chi connectivity index (χ0v) is 15.7. The fourth-order valence-electron chi connectivity index (χ4n) is 4.78. The first-order chi connectivity index (χ1) is 13.3. The van der Waals surface area contributed by atoms with Gasteiger partial charge in [0.2, 0.25) is 5.91 Å². The number of nitrogens with zero attached hydrogens (tertiary/aromatic N) is 2. The van der Waals surface area contributed by atoms with E-state index in [1.807, 2.05) is 24.3 Å². The number of carbonyl (C=O) groups excluding carboxylic acids is 3. The lowest BCUT2D eigenvalue weighted by Gasteiger charge is -2.38. The third-order valence-electron chi connectivity index (χ3n) is 6.34. The molecule has 1 aromatic rings. The number of fused-ring (bicyclic) bond motifs is 2. The second-order valence-corrected chi connectivity index (χ2v) is 7.80. The van der Waals surface area contributed by atoms with Crippen molar-refractivity contribution in [2.45, 2.75) is 44.2 Å². The van der Waals surface area contributed by atoms with Gasteiger partial charge in [-0.1, -0.05) is 24.3 Å². The molecule has 0 bridgehead atoms. The molecule has 1 aliphatic carbocycles. The number of piperidine rings is 1. The predicted molar refractivity (Wildman–Crippen MR) is 98.2 cm³/mol. The fraction of sp³-hybridized carbons (Fsp3) is 0.500. The number of benzene rings is 1. The lowest BCUT2D eigenvalue weighted by molar-refractivity contribution is -0.150. The van der Waals surface area contributed by atoms with Gasteiger partial charge in [-0.15, -0.1) is 0 Å². The first-order valence-corrected chi connectivity index (χ1v) is 9.60. The second kappa shape index (κ2) is 6.61. The average molecular weight is 385 g/mol. The third-order valence-corrected chi connectivity index (χ3v) is 6.34. The van der Waals surface area contributed by atoms with Crippen molar-refractivity contribution in [2.75, 3.05) is 13.1 Å². The quantitative estimate of drug-likeness (QED) is 0.758. The van der Waals surface area contributed by atoms with Crippen LogP contribution in [0.25, 0.3) is 0 Å². The molecule has 8 nitrogen and oxygen atoms in total. The maximum atomic E-state index is 13.2. The highest BCUT2D eigenvalue weighted by molar-refractivity contribution is 6.10. The zero-order chi connectivity index (χ0) is 20.1. The molecule has 2 heterocycles. The SMILES string of the molecule is C[C@@H]1[C@H](C(=O)O)CCCN1C(=O)CN1C(=O)NC2(CCc3ccccc32)C1=O. The summed E-state index contributed by atoms with van der Waals surface area (Å²) in [6.07, 6.45) is 2.27. The van der Waals surface area contributed by atoms with Gasteiger partial charge in [0, 0.05) is 12.6 Å². The predicted octanol–water partition coefficient (Wildman–Crippen LogP) is 1.09. The van der Waals surface area contributed by atoms with Crippen LogP contribution >= 0.6 is 0 Å². The van der Waals surface area contributed by atoms with E-state index in [0.717, 1.165) is 16.0 Å². The molecule has 0 radical (unpaired) electrons. The molecule has 2 N–H and O–H groups in total. The normalized spacial score (nSPS) is 29.2. The van der Waals surface area contributed by atoms with Crippen molar-refractivity contribution in [3.63, 3.8) is 0 Å². The number of imide groups is 1. The van der Waals surface area contributed by atoms with E-state index in [9.17, 15) is 24.3 Å². The molecule has 2 saturated heterocycles. The van der Waals surface area contributed by atoms with E-state index in [1.165, 1.54) is 4.90 Å². The standard InChI is InChI=1S/C20H23N3O5/c1-12-14(17(25)26)6-4-10-22(12)16(24)11-23-18(27)20(21-19(23)28)9-8-13-5-2-3-7-15(13)20/h2-3,5,7,12,14H,4,6,8-11H2,1H3,(H,21,28)(H,25,26)/t12-,14-,20?/m1/s1. The van der Waals surface area contributed by atoms with Crippen LogP contribution in [0.1, 0.15) is 37.3 Å². The summed E-state index contributed by atoms with van der Waals surface area (Å²) in [7, 11) is 0. The van der Waals surface area contributed by atoms with E-state index in [0.29, 0.717) is 32.2 Å². The summed E-state index contributed by atoms with van der Waals surface area (Å²) in [5, 5.41) is 12.1. The summed E-state index contributed by atoms with van der Waals surface area (Å²) in [4.78, 5) is 52.4. The second-order valence-electron chi connectivity index (χ2n) is 7.80. The third kappa shape index (κ3) is 2.66. The molecule has 0 saturated carbocycles. The first-order valence-electron chi connectivity index (χ1n) is 9.60. The van der Waals surface area contributed by atoms with Gasteiger partial charge in [-0.2, -0.15) is 0 Å². The minimum atomic E-state index is -1.09. The Morgan fingerprint density at radius 2 is 2.04 bits per heavy atom. The van der Waals surface area contributed by atoms with Crippen molar-refractivity contribution in [3.8, 4) is 0 Å². The minimum Gasteiger partial charge on any atom is -0.481 e. The van der Waals surface area contributed by atoms with Crippen molar-refractivity contribution in [2.24, 2.45) is 5.92 Å². The summed E-state index contributed by atoms with van der Waals surface area (Å²) in [6.45, 7) is 1.77. The van der Waals surface area contributed by atoms with Crippen LogP contribution in [-0.2, 0) is 26.3 Å². The molecular formula is C20H23N3O5. The Morgan fingerprint density at radius 1 is 1.29 bits per heavy atom. The number of carboxylic acid groups (broad SMARTS) is 1. The van der Waals surface area contributed by atoms with Crippen molar-refractivity contribution < 1.29 is 24.3 Å². The fourth-order valence-corrected chi connectivity index (χ4v) is 4.78. The minimum absolute atomic E-state index is 0.370. The van der Waals surface area contributed by atoms with E-state index >= 15 is 0 Å². The number of amides is 4. The molecule has 148 valence electrons. The summed E-state index contributed by atoms with van der Waals surface area (Å²) >= 11 is 0. The molecule has 4 amide bonds. The molecule has 3 atom stereocenters. The van der Waals surface area contributed by atoms with Gasteiger partial charge in [0.05, 0.1) is 5.92 Å². The van der Waals surface area contributed by atoms with Crippen LogP contribution in [0.4, 0.5) is 4.79 Å². The largest absolute Gasteiger partial charge is 0.481 e. The smallest absolute Gasteiger partial charge is 0.325 e. The van der Waals surface area contributed by atoms with Crippen molar-refractivity contribution in [1.29, 1.82) is 0 Å². The molecule has 2 fully saturated rings. The van der Waals surface area contributed by atoms with Gasteiger partial charge in [-0.05, 0) is 43.7 Å². The molecule has 4 rings (SSSR count). The van der Waals surface area contributed by atoms with E-state index in [2.05, 4.69) is 5.32 Å². The molecule has 1 aromatic carbocycles. The maximum absolute atomic E-state index is 13.2. The molecule has 0 aromatic heterocycles. The lowest BCUT2D eigenvalue weighted by atomic mass is 9.90. The van der Waals surface area contributed by atoms with Crippen molar-refractivity contribution in [3.05, 3.63) is 35.4 Å². The van der Waals surface area contributed by atoms with Crippen LogP contribution in [0.5, 0.6) is 0 Å². The van der Waals surface area contributed by atoms with E-state index in [4.69, 9.17) is 0 Å². The van der Waals surface area contributed by atoms with Crippen LogP contribution in [0.15, 0.2) is 24.3 Å². The summed E-state index contributed by atoms with van der Waals surface area (Å²) in [5.74, 6) is -2.36. The Bertz CT molecular complexity index is 869. The van der Waals surface area contributed by atoms with Crippen LogP contribution in [-0.4, -0.2) is 57.9 Å². The Morgan fingerprint density at radius 3 is 2.79 bits per heavy atom. The van der Waals surface area contributed by atoms with Gasteiger partial charge in [-0.3, -0.25) is 19.3 Å². The highest BCUT2D eigenvalue weighted by Gasteiger charge is 2.55. The van der Waals surface area contributed by atoms with Gasteiger partial charge < -0.3 is 15.3 Å².